The molecule has 0 amide bonds. The van der Waals surface area contributed by atoms with Crippen LogP contribution < -0.4 is 0 Å². The van der Waals surface area contributed by atoms with Crippen molar-refractivity contribution in [2.24, 2.45) is 5.92 Å². The number of benzene rings is 1. The van der Waals surface area contributed by atoms with Crippen LogP contribution in [0.4, 0.5) is 0 Å². The summed E-state index contributed by atoms with van der Waals surface area (Å²) in [6.07, 6.45) is 1.07. The predicted molar refractivity (Wildman–Crippen MR) is 95.9 cm³/mol. The van der Waals surface area contributed by atoms with Crippen molar-refractivity contribution in [3.63, 3.8) is 0 Å². The summed E-state index contributed by atoms with van der Waals surface area (Å²) in [5.74, 6) is 0.745. The lowest BCUT2D eigenvalue weighted by Crippen LogP contribution is -2.13. The topological polar surface area (TPSA) is 90.1 Å². The maximum atomic E-state index is 12.4. The first-order valence-electron chi connectivity index (χ1n) is 7.81. The second kappa shape index (κ2) is 7.47. The third-order valence-corrected chi connectivity index (χ3v) is 7.00. The number of sulfone groups is 1. The van der Waals surface area contributed by atoms with E-state index in [1.807, 2.05) is 0 Å². The van der Waals surface area contributed by atoms with Crippen molar-refractivity contribution < 1.29 is 17.6 Å². The van der Waals surface area contributed by atoms with Gasteiger partial charge in [0.1, 0.15) is 0 Å². The Morgan fingerprint density at radius 1 is 1.44 bits per heavy atom. The molecule has 1 aromatic carbocycles. The van der Waals surface area contributed by atoms with E-state index in [9.17, 15) is 13.2 Å². The first kappa shape index (κ1) is 18.4. The molecule has 1 aromatic heterocycles. The first-order chi connectivity index (χ1) is 11.8. The molecule has 3 rings (SSSR count). The van der Waals surface area contributed by atoms with Crippen molar-refractivity contribution in [1.82, 2.24) is 10.2 Å². The van der Waals surface area contributed by atoms with E-state index < -0.39 is 15.1 Å². The molecule has 6 nitrogen and oxygen atoms in total. The summed E-state index contributed by atoms with van der Waals surface area (Å²) in [4.78, 5) is 12.4. The van der Waals surface area contributed by atoms with Crippen molar-refractivity contribution in [2.75, 3.05) is 11.5 Å². The van der Waals surface area contributed by atoms with Crippen molar-refractivity contribution in [1.29, 1.82) is 0 Å². The number of carbonyl (C=O) groups excluding carboxylic acids is 1. The first-order valence-corrected chi connectivity index (χ1v) is 10.9. The fourth-order valence-corrected chi connectivity index (χ4v) is 5.56. The SMILES string of the molecule is C[C@H](Sc1nnc(C[C@@H]2CCS(=O)(=O)C2)o1)C(=O)c1cccc(Cl)c1. The highest BCUT2D eigenvalue weighted by molar-refractivity contribution is 8.00. The van der Waals surface area contributed by atoms with E-state index in [1.165, 1.54) is 11.8 Å². The fourth-order valence-electron chi connectivity index (χ4n) is 2.73. The van der Waals surface area contributed by atoms with Crippen molar-refractivity contribution in [3.8, 4) is 0 Å². The lowest BCUT2D eigenvalue weighted by Gasteiger charge is -2.07. The Hall–Kier alpha value is -1.38. The quantitative estimate of drug-likeness (QED) is 0.543. The van der Waals surface area contributed by atoms with Crippen LogP contribution in [0.2, 0.25) is 5.02 Å². The zero-order valence-corrected chi connectivity index (χ0v) is 15.9. The molecule has 0 bridgehead atoms. The Morgan fingerprint density at radius 3 is 2.92 bits per heavy atom. The van der Waals surface area contributed by atoms with Crippen molar-refractivity contribution in [3.05, 3.63) is 40.7 Å². The Labute approximate surface area is 155 Å². The molecule has 0 unspecified atom stereocenters. The predicted octanol–water partition coefficient (Wildman–Crippen LogP) is 3.06. The van der Waals surface area contributed by atoms with E-state index in [2.05, 4.69) is 10.2 Å². The van der Waals surface area contributed by atoms with Gasteiger partial charge < -0.3 is 4.42 Å². The van der Waals surface area contributed by atoms with Crippen LogP contribution in [-0.2, 0) is 16.3 Å². The number of ketones is 1. The minimum Gasteiger partial charge on any atom is -0.416 e. The van der Waals surface area contributed by atoms with Gasteiger partial charge in [-0.3, -0.25) is 4.79 Å². The summed E-state index contributed by atoms with van der Waals surface area (Å²) < 4.78 is 28.6. The molecular formula is C16H17ClN2O4S2. The fraction of sp³-hybridized carbons (Fsp3) is 0.438. The highest BCUT2D eigenvalue weighted by Crippen LogP contribution is 2.27. The molecule has 9 heteroatoms. The van der Waals surface area contributed by atoms with Crippen LogP contribution in [0.5, 0.6) is 0 Å². The monoisotopic (exact) mass is 400 g/mol. The molecule has 0 spiro atoms. The number of hydrogen-bond acceptors (Lipinski definition) is 7. The average Bonchev–Trinajstić information content (AvgIpc) is 3.12. The number of rotatable bonds is 6. The molecule has 2 atom stereocenters. The van der Waals surface area contributed by atoms with Crippen LogP contribution in [0.3, 0.4) is 0 Å². The van der Waals surface area contributed by atoms with E-state index in [1.54, 1.807) is 31.2 Å². The van der Waals surface area contributed by atoms with Gasteiger partial charge >= 0.3 is 0 Å². The zero-order chi connectivity index (χ0) is 18.0. The van der Waals surface area contributed by atoms with E-state index in [-0.39, 0.29) is 23.2 Å². The molecule has 1 aliphatic heterocycles. The molecule has 1 aliphatic rings. The smallest absolute Gasteiger partial charge is 0.277 e. The molecule has 1 fully saturated rings. The summed E-state index contributed by atoms with van der Waals surface area (Å²) in [5.41, 5.74) is 0.531. The van der Waals surface area contributed by atoms with Gasteiger partial charge in [-0.1, -0.05) is 35.5 Å². The molecule has 134 valence electrons. The normalized spacial score (nSPS) is 20.5. The molecule has 0 radical (unpaired) electrons. The third kappa shape index (κ3) is 4.83. The Kier molecular flexibility index (Phi) is 5.50. The number of hydrogen-bond donors (Lipinski definition) is 0. The Bertz CT molecular complexity index is 882. The molecule has 0 saturated carbocycles. The standard InChI is InChI=1S/C16H17ClN2O4S2/c1-10(15(20)12-3-2-4-13(17)8-12)24-16-19-18-14(23-16)7-11-5-6-25(21,22)9-11/h2-4,8,10-11H,5-7,9H2,1H3/t10-,11-/m0/s1. The summed E-state index contributed by atoms with van der Waals surface area (Å²) in [6, 6.07) is 6.78. The Balaban J connectivity index is 1.60. The number of Topliss-reactive ketones (excluding diaryl/α,β-unsaturated/α-hetero) is 1. The summed E-state index contributed by atoms with van der Waals surface area (Å²) in [6.45, 7) is 1.77. The minimum absolute atomic E-state index is 0.0221. The molecule has 0 N–H and O–H groups in total. The van der Waals surface area contributed by atoms with E-state index in [0.29, 0.717) is 34.5 Å². The number of aromatic nitrogens is 2. The van der Waals surface area contributed by atoms with Crippen LogP contribution in [0.1, 0.15) is 29.6 Å². The van der Waals surface area contributed by atoms with Gasteiger partial charge in [-0.25, -0.2) is 8.42 Å². The van der Waals surface area contributed by atoms with Gasteiger partial charge in [0.15, 0.2) is 15.6 Å². The number of nitrogens with zero attached hydrogens (tertiary/aromatic N) is 2. The second-order valence-corrected chi connectivity index (χ2v) is 10.0. The van der Waals surface area contributed by atoms with Crippen LogP contribution in [0.15, 0.2) is 33.9 Å². The number of thioether (sulfide) groups is 1. The Morgan fingerprint density at radius 2 is 2.24 bits per heavy atom. The molecule has 2 heterocycles. The largest absolute Gasteiger partial charge is 0.416 e. The maximum absolute atomic E-state index is 12.4. The van der Waals surface area contributed by atoms with Crippen molar-refractivity contribution >= 4 is 39.0 Å². The number of halogens is 1. The average molecular weight is 401 g/mol. The molecule has 1 saturated heterocycles. The van der Waals surface area contributed by atoms with Crippen molar-refractivity contribution in [2.45, 2.75) is 30.2 Å². The molecule has 2 aromatic rings. The van der Waals surface area contributed by atoms with Gasteiger partial charge in [0.25, 0.3) is 5.22 Å². The van der Waals surface area contributed by atoms with Crippen LogP contribution in [-0.4, -0.2) is 41.2 Å². The van der Waals surface area contributed by atoms with Crippen LogP contribution >= 0.6 is 23.4 Å². The minimum atomic E-state index is -2.92. The summed E-state index contributed by atoms with van der Waals surface area (Å²) in [7, 11) is -2.92. The summed E-state index contributed by atoms with van der Waals surface area (Å²) in [5, 5.41) is 8.32. The van der Waals surface area contributed by atoms with E-state index in [4.69, 9.17) is 16.0 Å². The zero-order valence-electron chi connectivity index (χ0n) is 13.5. The third-order valence-electron chi connectivity index (χ3n) is 3.99. The second-order valence-electron chi connectivity index (χ2n) is 6.07. The maximum Gasteiger partial charge on any atom is 0.277 e. The van der Waals surface area contributed by atoms with Gasteiger partial charge in [0, 0.05) is 17.0 Å². The molecule has 25 heavy (non-hydrogen) atoms. The highest BCUT2D eigenvalue weighted by Gasteiger charge is 2.29. The molecule has 0 aliphatic carbocycles. The lowest BCUT2D eigenvalue weighted by molar-refractivity contribution is 0.0993. The van der Waals surface area contributed by atoms with Gasteiger partial charge in [-0.2, -0.15) is 0 Å². The van der Waals surface area contributed by atoms with Gasteiger partial charge in [-0.05, 0) is 31.4 Å². The van der Waals surface area contributed by atoms with Gasteiger partial charge in [0.2, 0.25) is 5.89 Å². The summed E-state index contributed by atoms with van der Waals surface area (Å²) >= 11 is 7.10. The van der Waals surface area contributed by atoms with Gasteiger partial charge in [0.05, 0.1) is 16.8 Å². The highest BCUT2D eigenvalue weighted by atomic mass is 35.5. The molecular weight excluding hydrogens is 384 g/mol. The van der Waals surface area contributed by atoms with E-state index >= 15 is 0 Å². The number of carbonyl (C=O) groups is 1. The van der Waals surface area contributed by atoms with Gasteiger partial charge in [-0.15, -0.1) is 10.2 Å². The van der Waals surface area contributed by atoms with Crippen LogP contribution in [0, 0.1) is 5.92 Å². The van der Waals surface area contributed by atoms with E-state index in [0.717, 1.165) is 0 Å². The van der Waals surface area contributed by atoms with Crippen LogP contribution in [0.25, 0.3) is 0 Å². The lowest BCUT2D eigenvalue weighted by atomic mass is 10.1.